The zero-order chi connectivity index (χ0) is 13.8. The van der Waals surface area contributed by atoms with E-state index < -0.39 is 0 Å². The number of amides is 1. The van der Waals surface area contributed by atoms with Crippen molar-refractivity contribution in [3.63, 3.8) is 0 Å². The topological polar surface area (TPSA) is 64.8 Å². The van der Waals surface area contributed by atoms with Crippen LogP contribution in [-0.2, 0) is 4.74 Å². The third-order valence-corrected chi connectivity index (χ3v) is 3.20. The van der Waals surface area contributed by atoms with Crippen LogP contribution in [0, 0.1) is 0 Å². The van der Waals surface area contributed by atoms with Crippen molar-refractivity contribution in [2.45, 2.75) is 19.9 Å². The molecule has 1 aliphatic heterocycles. The number of morpholine rings is 1. The first kappa shape index (κ1) is 13.7. The molecule has 5 heteroatoms. The van der Waals surface area contributed by atoms with Gasteiger partial charge in [-0.2, -0.15) is 0 Å². The molecule has 1 aromatic rings. The first-order chi connectivity index (χ1) is 9.15. The Kier molecular flexibility index (Phi) is 4.27. The average molecular weight is 264 g/mol. The number of ether oxygens (including phenoxy) is 2. The Balaban J connectivity index is 2.31. The molecule has 1 unspecified atom stereocenters. The number of nitrogen functional groups attached to an aromatic ring is 1. The monoisotopic (exact) mass is 264 g/mol. The lowest BCUT2D eigenvalue weighted by Gasteiger charge is -2.34. The lowest BCUT2D eigenvalue weighted by Crippen LogP contribution is -2.47. The smallest absolute Gasteiger partial charge is 0.260 e. The van der Waals surface area contributed by atoms with Gasteiger partial charge in [0.2, 0.25) is 0 Å². The first-order valence-electron chi connectivity index (χ1n) is 6.55. The maximum Gasteiger partial charge on any atom is 0.260 e. The fraction of sp³-hybridized carbons (Fsp3) is 0.500. The van der Waals surface area contributed by atoms with Crippen molar-refractivity contribution in [3.8, 4) is 5.75 Å². The van der Waals surface area contributed by atoms with E-state index in [1.807, 2.05) is 13.8 Å². The Hall–Kier alpha value is -1.75. The summed E-state index contributed by atoms with van der Waals surface area (Å²) in [7, 11) is 0. The van der Waals surface area contributed by atoms with Crippen molar-refractivity contribution in [2.24, 2.45) is 0 Å². The third-order valence-electron chi connectivity index (χ3n) is 3.20. The fourth-order valence-corrected chi connectivity index (χ4v) is 2.23. The van der Waals surface area contributed by atoms with Crippen molar-refractivity contribution in [1.82, 2.24) is 4.90 Å². The van der Waals surface area contributed by atoms with Gasteiger partial charge in [0.1, 0.15) is 11.3 Å². The van der Waals surface area contributed by atoms with Gasteiger partial charge < -0.3 is 20.1 Å². The summed E-state index contributed by atoms with van der Waals surface area (Å²) in [6.45, 7) is 6.06. The number of nitrogens with two attached hydrogens (primary N) is 1. The fourth-order valence-electron chi connectivity index (χ4n) is 2.23. The van der Waals surface area contributed by atoms with E-state index in [9.17, 15) is 4.79 Å². The van der Waals surface area contributed by atoms with Gasteiger partial charge in [0.15, 0.2) is 0 Å². The quantitative estimate of drug-likeness (QED) is 0.841. The van der Waals surface area contributed by atoms with Crippen LogP contribution in [0.5, 0.6) is 5.75 Å². The van der Waals surface area contributed by atoms with E-state index in [4.69, 9.17) is 15.2 Å². The SMILES string of the molecule is CCOc1cccc(N)c1C(=O)N1CCOCC1C. The Morgan fingerprint density at radius 2 is 2.37 bits per heavy atom. The summed E-state index contributed by atoms with van der Waals surface area (Å²) in [5.41, 5.74) is 6.86. The molecule has 2 rings (SSSR count). The van der Waals surface area contributed by atoms with Crippen molar-refractivity contribution in [3.05, 3.63) is 23.8 Å². The number of benzene rings is 1. The molecule has 0 saturated carbocycles. The van der Waals surface area contributed by atoms with Gasteiger partial charge in [-0.05, 0) is 26.0 Å². The van der Waals surface area contributed by atoms with Gasteiger partial charge in [0.25, 0.3) is 5.91 Å². The molecule has 19 heavy (non-hydrogen) atoms. The normalized spacial score (nSPS) is 19.3. The highest BCUT2D eigenvalue weighted by Gasteiger charge is 2.28. The standard InChI is InChI=1S/C14H20N2O3/c1-3-19-12-6-4-5-11(15)13(12)14(17)16-7-8-18-9-10(16)2/h4-6,10H,3,7-9,15H2,1-2H3. The molecule has 1 fully saturated rings. The molecule has 5 nitrogen and oxygen atoms in total. The largest absolute Gasteiger partial charge is 0.493 e. The molecule has 0 bridgehead atoms. The molecule has 1 saturated heterocycles. The van der Waals surface area contributed by atoms with Gasteiger partial charge in [-0.3, -0.25) is 4.79 Å². The predicted octanol–water partition coefficient (Wildman–Crippen LogP) is 1.53. The zero-order valence-corrected chi connectivity index (χ0v) is 11.4. The summed E-state index contributed by atoms with van der Waals surface area (Å²) in [5, 5.41) is 0. The molecule has 2 N–H and O–H groups in total. The van der Waals surface area contributed by atoms with Crippen LogP contribution < -0.4 is 10.5 Å². The van der Waals surface area contributed by atoms with Gasteiger partial charge >= 0.3 is 0 Å². The summed E-state index contributed by atoms with van der Waals surface area (Å²) in [4.78, 5) is 14.4. The number of rotatable bonds is 3. The zero-order valence-electron chi connectivity index (χ0n) is 11.4. The highest BCUT2D eigenvalue weighted by molar-refractivity contribution is 6.02. The summed E-state index contributed by atoms with van der Waals surface area (Å²) < 4.78 is 10.9. The summed E-state index contributed by atoms with van der Waals surface area (Å²) >= 11 is 0. The molecule has 0 aromatic heterocycles. The van der Waals surface area contributed by atoms with Crippen LogP contribution in [0.25, 0.3) is 0 Å². The molecule has 0 aliphatic carbocycles. The number of nitrogens with zero attached hydrogens (tertiary/aromatic N) is 1. The Bertz CT molecular complexity index is 462. The van der Waals surface area contributed by atoms with Crippen molar-refractivity contribution in [2.75, 3.05) is 32.1 Å². The minimum atomic E-state index is -0.0858. The highest BCUT2D eigenvalue weighted by atomic mass is 16.5. The van der Waals surface area contributed by atoms with Crippen LogP contribution in [-0.4, -0.2) is 43.2 Å². The van der Waals surface area contributed by atoms with E-state index in [1.165, 1.54) is 0 Å². The van der Waals surface area contributed by atoms with E-state index in [-0.39, 0.29) is 11.9 Å². The van der Waals surface area contributed by atoms with Crippen molar-refractivity contribution in [1.29, 1.82) is 0 Å². The average Bonchev–Trinajstić information content (AvgIpc) is 2.39. The number of hydrogen-bond donors (Lipinski definition) is 1. The van der Waals surface area contributed by atoms with Crippen molar-refractivity contribution >= 4 is 11.6 Å². The Morgan fingerprint density at radius 3 is 3.05 bits per heavy atom. The Morgan fingerprint density at radius 1 is 1.58 bits per heavy atom. The highest BCUT2D eigenvalue weighted by Crippen LogP contribution is 2.27. The second-order valence-electron chi connectivity index (χ2n) is 4.58. The van der Waals surface area contributed by atoms with E-state index in [0.29, 0.717) is 43.4 Å². The van der Waals surface area contributed by atoms with Crippen LogP contribution in [0.15, 0.2) is 18.2 Å². The number of carbonyl (C=O) groups excluding carboxylic acids is 1. The minimum Gasteiger partial charge on any atom is -0.493 e. The maximum atomic E-state index is 12.6. The Labute approximate surface area is 113 Å². The van der Waals surface area contributed by atoms with Gasteiger partial charge in [-0.15, -0.1) is 0 Å². The van der Waals surface area contributed by atoms with Crippen LogP contribution in [0.1, 0.15) is 24.2 Å². The van der Waals surface area contributed by atoms with Crippen LogP contribution in [0.2, 0.25) is 0 Å². The van der Waals surface area contributed by atoms with E-state index >= 15 is 0 Å². The number of carbonyl (C=O) groups is 1. The lowest BCUT2D eigenvalue weighted by molar-refractivity contribution is 0.00347. The minimum absolute atomic E-state index is 0.0512. The first-order valence-corrected chi connectivity index (χ1v) is 6.55. The van der Waals surface area contributed by atoms with E-state index in [1.54, 1.807) is 23.1 Å². The van der Waals surface area contributed by atoms with Crippen LogP contribution in [0.3, 0.4) is 0 Å². The van der Waals surface area contributed by atoms with Gasteiger partial charge in [0.05, 0.1) is 25.9 Å². The third kappa shape index (κ3) is 2.81. The second-order valence-corrected chi connectivity index (χ2v) is 4.58. The molecule has 1 amide bonds. The molecule has 1 aliphatic rings. The van der Waals surface area contributed by atoms with Gasteiger partial charge in [-0.1, -0.05) is 6.07 Å². The molecule has 1 atom stereocenters. The molecular formula is C14H20N2O3. The van der Waals surface area contributed by atoms with Gasteiger partial charge in [-0.25, -0.2) is 0 Å². The molecule has 1 aromatic carbocycles. The molecule has 0 radical (unpaired) electrons. The summed E-state index contributed by atoms with van der Waals surface area (Å²) in [6.07, 6.45) is 0. The van der Waals surface area contributed by atoms with E-state index in [0.717, 1.165) is 0 Å². The number of hydrogen-bond acceptors (Lipinski definition) is 4. The predicted molar refractivity (Wildman–Crippen MR) is 73.3 cm³/mol. The van der Waals surface area contributed by atoms with Crippen LogP contribution >= 0.6 is 0 Å². The molecule has 104 valence electrons. The van der Waals surface area contributed by atoms with Gasteiger partial charge in [0, 0.05) is 12.2 Å². The lowest BCUT2D eigenvalue weighted by atomic mass is 10.1. The molecule has 1 heterocycles. The van der Waals surface area contributed by atoms with E-state index in [2.05, 4.69) is 0 Å². The summed E-state index contributed by atoms with van der Waals surface area (Å²) in [6, 6.07) is 5.34. The molecule has 0 spiro atoms. The number of anilines is 1. The summed E-state index contributed by atoms with van der Waals surface area (Å²) in [5.74, 6) is 0.462. The molecular weight excluding hydrogens is 244 g/mol. The second kappa shape index (κ2) is 5.93. The maximum absolute atomic E-state index is 12.6. The van der Waals surface area contributed by atoms with Crippen molar-refractivity contribution < 1.29 is 14.3 Å². The van der Waals surface area contributed by atoms with Crippen LogP contribution in [0.4, 0.5) is 5.69 Å².